The lowest BCUT2D eigenvalue weighted by Gasteiger charge is -2.22. The van der Waals surface area contributed by atoms with E-state index in [0.29, 0.717) is 16.6 Å². The summed E-state index contributed by atoms with van der Waals surface area (Å²) in [6.45, 7) is 9.06. The molecule has 1 aromatic heterocycles. The fraction of sp³-hybridized carbons (Fsp3) is 0.480. The minimum atomic E-state index is -1.17. The number of benzene rings is 1. The van der Waals surface area contributed by atoms with Crippen molar-refractivity contribution in [3.63, 3.8) is 0 Å². The predicted octanol–water partition coefficient (Wildman–Crippen LogP) is 4.25. The average molecular weight is 520 g/mol. The number of carboxylic acids is 1. The standard InChI is InChI=1S/C25H33N3O7S/c1-15(2)19-13-26-23(36-19)28-20(29)12-16-6-8-17(9-7-16)14-34-22(32)18(10-11-21(30)31)27-24(33)35-25(3,4)5/h6-9,13,15,18H,10-12,14H2,1-5H3,(H,27,33)(H,30,31)(H,26,28,29)/t18-/m0/s1. The van der Waals surface area contributed by atoms with Gasteiger partial charge in [0.1, 0.15) is 18.2 Å². The Balaban J connectivity index is 1.89. The van der Waals surface area contributed by atoms with Crippen LogP contribution in [0, 0.1) is 0 Å². The molecule has 1 atom stereocenters. The van der Waals surface area contributed by atoms with Gasteiger partial charge in [-0.1, -0.05) is 38.1 Å². The van der Waals surface area contributed by atoms with E-state index >= 15 is 0 Å². The van der Waals surface area contributed by atoms with Crippen LogP contribution < -0.4 is 10.6 Å². The summed E-state index contributed by atoms with van der Waals surface area (Å²) in [6, 6.07) is 5.80. The van der Waals surface area contributed by atoms with Gasteiger partial charge in [0.25, 0.3) is 0 Å². The number of carboxylic acid groups (broad SMARTS) is 1. The number of nitrogens with one attached hydrogen (secondary N) is 2. The highest BCUT2D eigenvalue weighted by Gasteiger charge is 2.26. The molecule has 0 aliphatic carbocycles. The summed E-state index contributed by atoms with van der Waals surface area (Å²) in [7, 11) is 0. The molecule has 0 saturated heterocycles. The van der Waals surface area contributed by atoms with Crippen LogP contribution >= 0.6 is 11.3 Å². The number of nitrogens with zero attached hydrogens (tertiary/aromatic N) is 1. The van der Waals surface area contributed by atoms with E-state index in [9.17, 15) is 19.2 Å². The van der Waals surface area contributed by atoms with Crippen LogP contribution in [0.1, 0.15) is 69.4 Å². The van der Waals surface area contributed by atoms with Crippen LogP contribution in [-0.4, -0.2) is 45.7 Å². The number of carbonyl (C=O) groups is 4. The van der Waals surface area contributed by atoms with Gasteiger partial charge in [-0.25, -0.2) is 14.6 Å². The van der Waals surface area contributed by atoms with Crippen molar-refractivity contribution < 1.29 is 33.8 Å². The first-order valence-electron chi connectivity index (χ1n) is 11.5. The Hall–Kier alpha value is -3.47. The van der Waals surface area contributed by atoms with Crippen molar-refractivity contribution in [2.75, 3.05) is 5.32 Å². The number of aliphatic carboxylic acids is 1. The zero-order chi connectivity index (χ0) is 26.9. The van der Waals surface area contributed by atoms with Crippen molar-refractivity contribution in [1.29, 1.82) is 0 Å². The van der Waals surface area contributed by atoms with E-state index in [4.69, 9.17) is 14.6 Å². The highest BCUT2D eigenvalue weighted by molar-refractivity contribution is 7.15. The van der Waals surface area contributed by atoms with Crippen LogP contribution in [0.2, 0.25) is 0 Å². The molecule has 0 spiro atoms. The van der Waals surface area contributed by atoms with Crippen molar-refractivity contribution in [1.82, 2.24) is 10.3 Å². The maximum Gasteiger partial charge on any atom is 0.408 e. The third kappa shape index (κ3) is 10.4. The molecule has 1 heterocycles. The molecule has 196 valence electrons. The molecule has 0 saturated carbocycles. The number of anilines is 1. The normalized spacial score (nSPS) is 12.1. The summed E-state index contributed by atoms with van der Waals surface area (Å²) in [6.07, 6.45) is 0.616. The summed E-state index contributed by atoms with van der Waals surface area (Å²) in [5.41, 5.74) is 0.666. The second-order valence-corrected chi connectivity index (χ2v) is 10.6. The zero-order valence-electron chi connectivity index (χ0n) is 21.1. The fourth-order valence-electron chi connectivity index (χ4n) is 2.94. The number of rotatable bonds is 11. The number of alkyl carbamates (subject to hydrolysis) is 1. The Morgan fingerprint density at radius 1 is 1.08 bits per heavy atom. The van der Waals surface area contributed by atoms with Gasteiger partial charge in [0.2, 0.25) is 5.91 Å². The molecule has 0 bridgehead atoms. The number of carbonyl (C=O) groups excluding carboxylic acids is 3. The molecule has 1 aromatic carbocycles. The Morgan fingerprint density at radius 2 is 1.72 bits per heavy atom. The number of esters is 1. The quantitative estimate of drug-likeness (QED) is 0.374. The Labute approximate surface area is 214 Å². The van der Waals surface area contributed by atoms with Gasteiger partial charge in [-0.05, 0) is 44.2 Å². The minimum absolute atomic E-state index is 0.0814. The van der Waals surface area contributed by atoms with Crippen LogP contribution in [0.4, 0.5) is 9.93 Å². The monoisotopic (exact) mass is 519 g/mol. The molecule has 11 heteroatoms. The van der Waals surface area contributed by atoms with Crippen LogP contribution in [0.3, 0.4) is 0 Å². The molecule has 0 fully saturated rings. The zero-order valence-corrected chi connectivity index (χ0v) is 21.9. The summed E-state index contributed by atoms with van der Waals surface area (Å²) >= 11 is 1.45. The number of amides is 2. The van der Waals surface area contributed by atoms with E-state index in [1.807, 2.05) is 0 Å². The molecule has 0 unspecified atom stereocenters. The SMILES string of the molecule is CC(C)c1cnc(NC(=O)Cc2ccc(COC(=O)[C@H](CCC(=O)O)NC(=O)OC(C)(C)C)cc2)s1. The van der Waals surface area contributed by atoms with Gasteiger partial charge in [0.05, 0.1) is 6.42 Å². The molecular weight excluding hydrogens is 486 g/mol. The van der Waals surface area contributed by atoms with Gasteiger partial charge >= 0.3 is 18.0 Å². The lowest BCUT2D eigenvalue weighted by molar-refractivity contribution is -0.148. The van der Waals surface area contributed by atoms with Crippen molar-refractivity contribution in [2.45, 2.75) is 78.0 Å². The van der Waals surface area contributed by atoms with Gasteiger partial charge < -0.3 is 25.2 Å². The van der Waals surface area contributed by atoms with Crippen molar-refractivity contribution >= 4 is 40.4 Å². The molecule has 36 heavy (non-hydrogen) atoms. The predicted molar refractivity (Wildman–Crippen MR) is 135 cm³/mol. The van der Waals surface area contributed by atoms with Crippen LogP contribution in [-0.2, 0) is 36.9 Å². The maximum absolute atomic E-state index is 12.5. The van der Waals surface area contributed by atoms with Crippen LogP contribution in [0.5, 0.6) is 0 Å². The van der Waals surface area contributed by atoms with E-state index in [0.717, 1.165) is 10.4 Å². The number of aromatic nitrogens is 1. The summed E-state index contributed by atoms with van der Waals surface area (Å²) in [4.78, 5) is 53.1. The van der Waals surface area contributed by atoms with E-state index < -0.39 is 29.7 Å². The number of ether oxygens (including phenoxy) is 2. The second kappa shape index (κ2) is 13.0. The van der Waals surface area contributed by atoms with E-state index in [2.05, 4.69) is 29.5 Å². The first-order valence-corrected chi connectivity index (χ1v) is 12.4. The highest BCUT2D eigenvalue weighted by Crippen LogP contribution is 2.25. The first kappa shape index (κ1) is 28.8. The Morgan fingerprint density at radius 3 is 2.28 bits per heavy atom. The molecule has 0 aliphatic heterocycles. The molecule has 2 rings (SSSR count). The molecule has 0 radical (unpaired) electrons. The fourth-order valence-corrected chi connectivity index (χ4v) is 3.77. The van der Waals surface area contributed by atoms with E-state index in [1.165, 1.54) is 11.3 Å². The van der Waals surface area contributed by atoms with E-state index in [-0.39, 0.29) is 31.8 Å². The largest absolute Gasteiger partial charge is 0.481 e. The molecule has 10 nitrogen and oxygen atoms in total. The van der Waals surface area contributed by atoms with Crippen molar-refractivity contribution in [2.24, 2.45) is 0 Å². The van der Waals surface area contributed by atoms with Crippen LogP contribution in [0.15, 0.2) is 30.5 Å². The summed E-state index contributed by atoms with van der Waals surface area (Å²) in [5.74, 6) is -1.72. The van der Waals surface area contributed by atoms with Gasteiger partial charge in [0, 0.05) is 17.5 Å². The maximum atomic E-state index is 12.5. The van der Waals surface area contributed by atoms with E-state index in [1.54, 1.807) is 51.2 Å². The molecule has 2 aromatic rings. The van der Waals surface area contributed by atoms with Gasteiger partial charge in [0.15, 0.2) is 5.13 Å². The average Bonchev–Trinajstić information content (AvgIpc) is 3.23. The lowest BCUT2D eigenvalue weighted by Crippen LogP contribution is -2.44. The third-order valence-electron chi connectivity index (χ3n) is 4.73. The van der Waals surface area contributed by atoms with Gasteiger partial charge in [-0.3, -0.25) is 9.59 Å². The highest BCUT2D eigenvalue weighted by atomic mass is 32.1. The lowest BCUT2D eigenvalue weighted by atomic mass is 10.1. The smallest absolute Gasteiger partial charge is 0.408 e. The summed E-state index contributed by atoms with van der Waals surface area (Å²) in [5, 5.41) is 14.7. The second-order valence-electron chi connectivity index (χ2n) is 9.50. The molecule has 0 aliphatic rings. The molecular formula is C25H33N3O7S. The third-order valence-corrected chi connectivity index (χ3v) is 5.94. The first-order chi connectivity index (χ1) is 16.8. The van der Waals surface area contributed by atoms with Crippen LogP contribution in [0.25, 0.3) is 0 Å². The van der Waals surface area contributed by atoms with Gasteiger partial charge in [-0.15, -0.1) is 11.3 Å². The minimum Gasteiger partial charge on any atom is -0.481 e. The number of hydrogen-bond donors (Lipinski definition) is 3. The molecule has 2 amide bonds. The summed E-state index contributed by atoms with van der Waals surface area (Å²) < 4.78 is 10.4. The molecule has 3 N–H and O–H groups in total. The Bertz CT molecular complexity index is 1060. The van der Waals surface area contributed by atoms with Crippen molar-refractivity contribution in [3.05, 3.63) is 46.5 Å². The van der Waals surface area contributed by atoms with Crippen molar-refractivity contribution in [3.8, 4) is 0 Å². The number of thiazole rings is 1. The Kier molecular flexibility index (Phi) is 10.4. The topological polar surface area (TPSA) is 144 Å². The number of hydrogen-bond acceptors (Lipinski definition) is 8. The van der Waals surface area contributed by atoms with Gasteiger partial charge in [-0.2, -0.15) is 0 Å².